The summed E-state index contributed by atoms with van der Waals surface area (Å²) in [6, 6.07) is 18.5. The third kappa shape index (κ3) is 7.08. The van der Waals surface area contributed by atoms with Crippen molar-refractivity contribution in [3.8, 4) is 11.1 Å². The highest BCUT2D eigenvalue weighted by atomic mass is 15.2. The summed E-state index contributed by atoms with van der Waals surface area (Å²) in [4.78, 5) is 2.11. The molecule has 34 heavy (non-hydrogen) atoms. The molecule has 186 valence electrons. The lowest BCUT2D eigenvalue weighted by Crippen LogP contribution is -2.36. The van der Waals surface area contributed by atoms with E-state index in [1.165, 1.54) is 67.2 Å². The van der Waals surface area contributed by atoms with Gasteiger partial charge in [-0.15, -0.1) is 6.58 Å². The topological polar surface area (TPSA) is 27.1 Å². The van der Waals surface area contributed by atoms with Crippen molar-refractivity contribution in [1.29, 1.82) is 5.41 Å². The Balaban J connectivity index is 0.000000266. The van der Waals surface area contributed by atoms with Crippen LogP contribution in [-0.4, -0.2) is 23.8 Å². The largest absolute Gasteiger partial charge is 0.361 e. The maximum absolute atomic E-state index is 7.46. The molecule has 0 aliphatic heterocycles. The van der Waals surface area contributed by atoms with Crippen LogP contribution in [0.1, 0.15) is 90.2 Å². The molecule has 2 nitrogen and oxygen atoms in total. The number of nitrogens with one attached hydrogen (secondary N) is 1. The van der Waals surface area contributed by atoms with Gasteiger partial charge in [-0.2, -0.15) is 0 Å². The molecule has 0 heterocycles. The number of hydrogen-bond acceptors (Lipinski definition) is 1. The van der Waals surface area contributed by atoms with Crippen LogP contribution >= 0.6 is 0 Å². The molecule has 4 rings (SSSR count). The molecule has 0 bridgehead atoms. The van der Waals surface area contributed by atoms with Crippen LogP contribution in [0.2, 0.25) is 0 Å². The van der Waals surface area contributed by atoms with Gasteiger partial charge in [0, 0.05) is 18.5 Å². The predicted molar refractivity (Wildman–Crippen MR) is 151 cm³/mol. The van der Waals surface area contributed by atoms with Crippen molar-refractivity contribution >= 4 is 5.84 Å². The minimum Gasteiger partial charge on any atom is -0.361 e. The summed E-state index contributed by atoms with van der Waals surface area (Å²) in [5.41, 5.74) is 5.53. The van der Waals surface area contributed by atoms with E-state index in [-0.39, 0.29) is 5.41 Å². The molecule has 0 radical (unpaired) electrons. The highest BCUT2D eigenvalue weighted by Gasteiger charge is 2.42. The van der Waals surface area contributed by atoms with Crippen LogP contribution in [0.5, 0.6) is 0 Å². The molecule has 2 fully saturated rings. The average Bonchev–Trinajstić information content (AvgIpc) is 3.73. The van der Waals surface area contributed by atoms with Crippen molar-refractivity contribution < 1.29 is 0 Å². The fourth-order valence-corrected chi connectivity index (χ4v) is 5.31. The van der Waals surface area contributed by atoms with E-state index >= 15 is 0 Å². The zero-order chi connectivity index (χ0) is 25.1. The minimum absolute atomic E-state index is 0.167. The van der Waals surface area contributed by atoms with Crippen molar-refractivity contribution in [3.63, 3.8) is 0 Å². The first-order chi connectivity index (χ1) is 16.4. The van der Waals surface area contributed by atoms with Gasteiger partial charge in [-0.25, -0.2) is 0 Å². The molecule has 0 spiro atoms. The first-order valence-corrected chi connectivity index (χ1v) is 13.5. The molecule has 2 saturated carbocycles. The monoisotopic (exact) mass is 460 g/mol. The molecule has 2 heteroatoms. The van der Waals surface area contributed by atoms with Gasteiger partial charge in [-0.3, -0.25) is 5.41 Å². The Morgan fingerprint density at radius 2 is 1.59 bits per heavy atom. The van der Waals surface area contributed by atoms with Crippen molar-refractivity contribution in [3.05, 3.63) is 72.3 Å². The van der Waals surface area contributed by atoms with Gasteiger partial charge in [0.1, 0.15) is 0 Å². The van der Waals surface area contributed by atoms with E-state index in [9.17, 15) is 0 Å². The Hall–Kier alpha value is -2.35. The predicted octanol–water partition coefficient (Wildman–Crippen LogP) is 9.18. The van der Waals surface area contributed by atoms with Crippen LogP contribution in [0, 0.1) is 18.3 Å². The first-order valence-electron chi connectivity index (χ1n) is 13.5. The zero-order valence-electron chi connectivity index (χ0n) is 22.7. The lowest BCUT2D eigenvalue weighted by atomic mass is 9.73. The van der Waals surface area contributed by atoms with Gasteiger partial charge in [-0.1, -0.05) is 100 Å². The van der Waals surface area contributed by atoms with Crippen molar-refractivity contribution in [2.75, 3.05) is 7.05 Å². The zero-order valence-corrected chi connectivity index (χ0v) is 22.7. The number of hydrogen-bond donors (Lipinski definition) is 1. The molecule has 2 aromatic rings. The highest BCUT2D eigenvalue weighted by Crippen LogP contribution is 2.50. The molecule has 2 aromatic carbocycles. The molecule has 1 N–H and O–H groups in total. The average molecular weight is 461 g/mol. The van der Waals surface area contributed by atoms with E-state index in [1.807, 2.05) is 27.8 Å². The minimum atomic E-state index is 0.167. The van der Waals surface area contributed by atoms with Crippen LogP contribution in [0.3, 0.4) is 0 Å². The van der Waals surface area contributed by atoms with Gasteiger partial charge < -0.3 is 4.90 Å². The van der Waals surface area contributed by atoms with Crippen molar-refractivity contribution in [1.82, 2.24) is 4.90 Å². The van der Waals surface area contributed by atoms with Crippen LogP contribution in [-0.2, 0) is 5.41 Å². The molecule has 1 unspecified atom stereocenters. The second-order valence-corrected chi connectivity index (χ2v) is 9.81. The molecule has 2 aliphatic carbocycles. The molecule has 1 atom stereocenters. The number of rotatable bonds is 6. The number of aryl methyl sites for hydroxylation is 1. The first kappa shape index (κ1) is 27.9. The van der Waals surface area contributed by atoms with Crippen LogP contribution in [0.15, 0.2) is 61.2 Å². The molecule has 2 aliphatic rings. The van der Waals surface area contributed by atoms with E-state index in [1.54, 1.807) is 0 Å². The molecular weight excluding hydrogens is 412 g/mol. The smallest absolute Gasteiger partial charge is 0.0925 e. The molecular formula is C32H48N2. The maximum atomic E-state index is 7.46. The second kappa shape index (κ2) is 13.5. The Morgan fingerprint density at radius 3 is 2.09 bits per heavy atom. The summed E-state index contributed by atoms with van der Waals surface area (Å²) in [5, 5.41) is 7.46. The van der Waals surface area contributed by atoms with E-state index in [0.717, 1.165) is 12.3 Å². The van der Waals surface area contributed by atoms with Crippen LogP contribution in [0.4, 0.5) is 0 Å². The van der Waals surface area contributed by atoms with Gasteiger partial charge in [0.2, 0.25) is 0 Å². The number of nitrogens with zero attached hydrogens (tertiary/aromatic N) is 1. The molecule has 0 saturated heterocycles. The van der Waals surface area contributed by atoms with E-state index < -0.39 is 0 Å². The Labute approximate surface area is 210 Å². The maximum Gasteiger partial charge on any atom is 0.0925 e. The lowest BCUT2D eigenvalue weighted by molar-refractivity contribution is 0.276. The summed E-state index contributed by atoms with van der Waals surface area (Å²) < 4.78 is 0. The lowest BCUT2D eigenvalue weighted by Gasteiger charge is -2.31. The van der Waals surface area contributed by atoms with Gasteiger partial charge in [-0.05, 0) is 68.6 Å². The summed E-state index contributed by atoms with van der Waals surface area (Å²) in [6.45, 7) is 14.5. The van der Waals surface area contributed by atoms with Gasteiger partial charge >= 0.3 is 0 Å². The number of amidine groups is 1. The highest BCUT2D eigenvalue weighted by molar-refractivity contribution is 5.76. The van der Waals surface area contributed by atoms with E-state index in [2.05, 4.69) is 79.9 Å². The summed E-state index contributed by atoms with van der Waals surface area (Å²) in [5.74, 6) is 1.49. The third-order valence-corrected chi connectivity index (χ3v) is 7.66. The second-order valence-electron chi connectivity index (χ2n) is 9.81. The third-order valence-electron chi connectivity index (χ3n) is 7.66. The molecule has 0 aromatic heterocycles. The normalized spacial score (nSPS) is 17.2. The Morgan fingerprint density at radius 1 is 1.00 bits per heavy atom. The summed E-state index contributed by atoms with van der Waals surface area (Å²) in [7, 11) is 2.04. The molecule has 0 amide bonds. The summed E-state index contributed by atoms with van der Waals surface area (Å²) in [6.07, 6.45) is 12.7. The quantitative estimate of drug-likeness (QED) is 0.259. The van der Waals surface area contributed by atoms with Crippen LogP contribution < -0.4 is 0 Å². The van der Waals surface area contributed by atoms with E-state index in [4.69, 9.17) is 5.41 Å². The summed E-state index contributed by atoms with van der Waals surface area (Å²) >= 11 is 0. The standard InChI is InChI=1S/C21H24.C9H18N2.C2H6/c1-4-21(5-2,19-12-13-19)20-11-7-10-18(15-20)17-9-6-8-16(3)14-17;1-8(10)11(2)9-6-4-3-5-7-9;1-2/h4,6-11,14-15,19H,1,5,12-13H2,2-3H3;9-10H,3-7H2,1-2H3;1-2H3. The Bertz CT molecular complexity index is 905. The fourth-order valence-electron chi connectivity index (χ4n) is 5.31. The van der Waals surface area contributed by atoms with Gasteiger partial charge in [0.15, 0.2) is 0 Å². The number of benzene rings is 2. The van der Waals surface area contributed by atoms with Crippen molar-refractivity contribution in [2.24, 2.45) is 5.92 Å². The van der Waals surface area contributed by atoms with Gasteiger partial charge in [0.25, 0.3) is 0 Å². The fraction of sp³-hybridized carbons (Fsp3) is 0.531. The van der Waals surface area contributed by atoms with E-state index in [0.29, 0.717) is 11.9 Å². The SMILES string of the molecule is C=CC(CC)(c1cccc(-c2cccc(C)c2)c1)C1CC1.CC.CC(=N)N(C)C1CCCCC1. The van der Waals surface area contributed by atoms with Crippen LogP contribution in [0.25, 0.3) is 11.1 Å². The van der Waals surface area contributed by atoms with Gasteiger partial charge in [0.05, 0.1) is 5.84 Å². The van der Waals surface area contributed by atoms with Crippen molar-refractivity contribution in [2.45, 2.75) is 97.4 Å². The number of allylic oxidation sites excluding steroid dienone is 1. The Kier molecular flexibility index (Phi) is 11.1.